The molecule has 1 aromatic heterocycles. The first-order valence-electron chi connectivity index (χ1n) is 14.6. The molecule has 1 N–H and O–H groups in total. The summed E-state index contributed by atoms with van der Waals surface area (Å²) in [6.07, 6.45) is 5.90. The van der Waals surface area contributed by atoms with E-state index in [-0.39, 0.29) is 18.2 Å². The Morgan fingerprint density at radius 2 is 1.85 bits per heavy atom. The number of rotatable bonds is 3. The summed E-state index contributed by atoms with van der Waals surface area (Å²) in [7, 11) is 1.62. The van der Waals surface area contributed by atoms with Crippen molar-refractivity contribution in [2.45, 2.75) is 70.9 Å². The van der Waals surface area contributed by atoms with Gasteiger partial charge in [-0.2, -0.15) is 0 Å². The summed E-state index contributed by atoms with van der Waals surface area (Å²) in [6.45, 7) is 3.90. The zero-order valence-corrected chi connectivity index (χ0v) is 23.7. The fourth-order valence-electron chi connectivity index (χ4n) is 6.46. The molecule has 5 aliphatic rings. The van der Waals surface area contributed by atoms with E-state index in [1.54, 1.807) is 7.11 Å². The minimum absolute atomic E-state index is 0.0362. The van der Waals surface area contributed by atoms with Crippen molar-refractivity contribution < 1.29 is 19.4 Å². The van der Waals surface area contributed by atoms with Crippen molar-refractivity contribution in [2.24, 2.45) is 0 Å². The van der Waals surface area contributed by atoms with Crippen molar-refractivity contribution in [1.29, 1.82) is 0 Å². The Kier molecular flexibility index (Phi) is 7.47. The topological polar surface area (TPSA) is 97.6 Å². The van der Waals surface area contributed by atoms with Crippen LogP contribution in [0.15, 0.2) is 48.5 Å². The molecule has 0 fully saturated rings. The number of hydrogen-bond donors (Lipinski definition) is 1. The van der Waals surface area contributed by atoms with Gasteiger partial charge in [0.15, 0.2) is 0 Å². The summed E-state index contributed by atoms with van der Waals surface area (Å²) in [5.41, 5.74) is 8.65. The summed E-state index contributed by atoms with van der Waals surface area (Å²) < 4.78 is 7.64. The Morgan fingerprint density at radius 3 is 2.68 bits per heavy atom. The molecule has 9 bridgehead atoms. The highest BCUT2D eigenvalue weighted by Gasteiger charge is 2.27. The molecule has 8 nitrogen and oxygen atoms in total. The lowest BCUT2D eigenvalue weighted by Gasteiger charge is -2.30. The number of aliphatic carboxylic acids is 1. The predicted octanol–water partition coefficient (Wildman–Crippen LogP) is 5.67. The first-order chi connectivity index (χ1) is 19.9. The molecule has 0 saturated carbocycles. The fourth-order valence-corrected chi connectivity index (χ4v) is 6.46. The largest absolute Gasteiger partial charge is 0.496 e. The molecule has 9 rings (SSSR count). The average molecular weight is 553 g/mol. The maximum atomic E-state index is 13.7. The fraction of sp³-hybridized carbons (Fsp3) is 0.394. The Balaban J connectivity index is 1.43. The molecule has 0 aliphatic carbocycles. The molecule has 8 heteroatoms. The number of carboxylic acids is 1. The molecular weight excluding hydrogens is 516 g/mol. The van der Waals surface area contributed by atoms with Crippen LogP contribution in [0.2, 0.25) is 0 Å². The van der Waals surface area contributed by atoms with Crippen molar-refractivity contribution in [3.63, 3.8) is 0 Å². The summed E-state index contributed by atoms with van der Waals surface area (Å²) in [5, 5.41) is 18.9. The zero-order chi connectivity index (χ0) is 28.5. The van der Waals surface area contributed by atoms with Gasteiger partial charge in [-0.05, 0) is 84.2 Å². The summed E-state index contributed by atoms with van der Waals surface area (Å²) in [6, 6.07) is 16.3. The third kappa shape index (κ3) is 5.31. The number of methoxy groups -OCH3 is 1. The summed E-state index contributed by atoms with van der Waals surface area (Å²) >= 11 is 0. The number of nitrogens with zero attached hydrogens (tertiary/aromatic N) is 4. The average Bonchev–Trinajstić information content (AvgIpc) is 3.40. The second-order valence-corrected chi connectivity index (χ2v) is 11.3. The Bertz CT molecular complexity index is 1630. The van der Waals surface area contributed by atoms with Crippen LogP contribution < -0.4 is 4.74 Å². The van der Waals surface area contributed by atoms with E-state index < -0.39 is 5.97 Å². The number of carboxylic acid groups (broad SMARTS) is 1. The maximum Gasteiger partial charge on any atom is 0.304 e. The molecule has 212 valence electrons. The van der Waals surface area contributed by atoms with Crippen LogP contribution in [0.5, 0.6) is 5.75 Å². The van der Waals surface area contributed by atoms with Crippen LogP contribution in [-0.4, -0.2) is 50.5 Å². The SMILES string of the molecule is COc1cc2ccc1C(=O)N1CCc3ccc(cc3C1)[C@@H](CC(=O)O)c1ccc3c(nnn3CCCCCC2)c1C. The smallest absolute Gasteiger partial charge is 0.304 e. The van der Waals surface area contributed by atoms with Crippen LogP contribution in [0, 0.1) is 6.92 Å². The minimum atomic E-state index is -0.857. The van der Waals surface area contributed by atoms with Gasteiger partial charge in [-0.25, -0.2) is 4.68 Å². The molecule has 6 heterocycles. The van der Waals surface area contributed by atoms with Gasteiger partial charge in [-0.15, -0.1) is 5.10 Å². The Morgan fingerprint density at radius 1 is 1.00 bits per heavy atom. The lowest BCUT2D eigenvalue weighted by molar-refractivity contribution is -0.137. The van der Waals surface area contributed by atoms with Gasteiger partial charge in [0.1, 0.15) is 11.3 Å². The number of hydrogen-bond acceptors (Lipinski definition) is 5. The summed E-state index contributed by atoms with van der Waals surface area (Å²) in [5.74, 6) is -0.629. The highest BCUT2D eigenvalue weighted by Crippen LogP contribution is 2.36. The number of carbonyl (C=O) groups excluding carboxylic acids is 1. The zero-order valence-electron chi connectivity index (χ0n) is 23.7. The second-order valence-electron chi connectivity index (χ2n) is 11.3. The van der Waals surface area contributed by atoms with Gasteiger partial charge in [0.05, 0.1) is 24.6 Å². The first kappa shape index (κ1) is 27.0. The monoisotopic (exact) mass is 552 g/mol. The first-order valence-corrected chi connectivity index (χ1v) is 14.6. The van der Waals surface area contributed by atoms with Gasteiger partial charge in [-0.1, -0.05) is 48.4 Å². The molecule has 5 aliphatic heterocycles. The third-order valence-corrected chi connectivity index (χ3v) is 8.75. The third-order valence-electron chi connectivity index (χ3n) is 8.75. The standard InChI is InChI=1S/C33H36N4O4/c1-21-26-12-13-29-32(21)34-35-37(29)15-6-4-3-5-7-22-8-11-27(30(17-22)41-2)33(40)36-16-14-23-9-10-24(18-25(23)20-36)28(26)19-31(38)39/h8-13,17-18,28H,3-7,14-16,19-20H2,1-2H3,(H,38,39)/t28-/m1/s1. The van der Waals surface area contributed by atoms with Gasteiger partial charge >= 0.3 is 5.97 Å². The molecule has 41 heavy (non-hydrogen) atoms. The van der Waals surface area contributed by atoms with Crippen LogP contribution in [0.25, 0.3) is 11.0 Å². The lowest BCUT2D eigenvalue weighted by Crippen LogP contribution is -2.36. The van der Waals surface area contributed by atoms with E-state index in [1.165, 1.54) is 11.1 Å². The molecule has 4 aromatic rings. The minimum Gasteiger partial charge on any atom is -0.496 e. The quantitative estimate of drug-likeness (QED) is 0.352. The van der Waals surface area contributed by atoms with E-state index in [9.17, 15) is 14.7 Å². The van der Waals surface area contributed by atoms with Crippen molar-refractivity contribution in [2.75, 3.05) is 13.7 Å². The molecule has 0 unspecified atom stereocenters. The van der Waals surface area contributed by atoms with E-state index >= 15 is 0 Å². The highest BCUT2D eigenvalue weighted by molar-refractivity contribution is 5.97. The van der Waals surface area contributed by atoms with E-state index in [0.29, 0.717) is 24.4 Å². The van der Waals surface area contributed by atoms with Gasteiger partial charge in [0.25, 0.3) is 5.91 Å². The lowest BCUT2D eigenvalue weighted by atomic mass is 9.83. The maximum absolute atomic E-state index is 13.7. The van der Waals surface area contributed by atoms with Crippen LogP contribution in [0.4, 0.5) is 0 Å². The van der Waals surface area contributed by atoms with E-state index in [1.807, 2.05) is 52.9 Å². The van der Waals surface area contributed by atoms with Crippen molar-refractivity contribution in [3.8, 4) is 5.75 Å². The molecular formula is C33H36N4O4. The van der Waals surface area contributed by atoms with Gasteiger partial charge in [-0.3, -0.25) is 9.59 Å². The number of aryl methyl sites for hydroxylation is 3. The number of benzene rings is 3. The molecule has 1 atom stereocenters. The summed E-state index contributed by atoms with van der Waals surface area (Å²) in [4.78, 5) is 27.6. The normalized spacial score (nSPS) is 17.7. The van der Waals surface area contributed by atoms with E-state index in [4.69, 9.17) is 4.74 Å². The van der Waals surface area contributed by atoms with Gasteiger partial charge in [0.2, 0.25) is 0 Å². The number of aromatic nitrogens is 3. The molecule has 1 amide bonds. The van der Waals surface area contributed by atoms with Crippen LogP contribution in [0.3, 0.4) is 0 Å². The number of carbonyl (C=O) groups is 2. The van der Waals surface area contributed by atoms with Gasteiger partial charge < -0.3 is 14.7 Å². The van der Waals surface area contributed by atoms with Crippen molar-refractivity contribution in [3.05, 3.63) is 87.5 Å². The van der Waals surface area contributed by atoms with Crippen LogP contribution >= 0.6 is 0 Å². The predicted molar refractivity (Wildman–Crippen MR) is 156 cm³/mol. The second kappa shape index (κ2) is 11.4. The highest BCUT2D eigenvalue weighted by atomic mass is 16.5. The van der Waals surface area contributed by atoms with Crippen LogP contribution in [-0.2, 0) is 30.7 Å². The number of amides is 1. The van der Waals surface area contributed by atoms with Crippen molar-refractivity contribution >= 4 is 22.9 Å². The Hall–Kier alpha value is -4.20. The molecule has 0 radical (unpaired) electrons. The van der Waals surface area contributed by atoms with Crippen molar-refractivity contribution in [1.82, 2.24) is 19.9 Å². The molecule has 0 saturated heterocycles. The Labute approximate surface area is 239 Å². The molecule has 0 spiro atoms. The van der Waals surface area contributed by atoms with Gasteiger partial charge in [0, 0.05) is 25.6 Å². The van der Waals surface area contributed by atoms with E-state index in [0.717, 1.165) is 78.4 Å². The molecule has 3 aromatic carbocycles. The number of ether oxygens (including phenoxy) is 1. The van der Waals surface area contributed by atoms with Crippen LogP contribution in [0.1, 0.15) is 81.8 Å². The van der Waals surface area contributed by atoms with E-state index in [2.05, 4.69) is 22.4 Å².